The molecule has 5 heteroatoms. The van der Waals surface area contributed by atoms with Gasteiger partial charge >= 0.3 is 0 Å². The van der Waals surface area contributed by atoms with E-state index in [1.807, 2.05) is 63.1 Å². The standard InChI is InChI=1S/C23H29N3O2/c1-17-14-20(15-18(2)22(17)28-5)16-25(4)19(3)23(27)26(13-9-12-24)21-10-7-6-8-11-21/h6-8,10-11,14-15,19H,9,13,16H2,1-5H3. The molecule has 1 unspecified atom stereocenters. The Hall–Kier alpha value is -2.84. The summed E-state index contributed by atoms with van der Waals surface area (Å²) in [5.41, 5.74) is 4.13. The van der Waals surface area contributed by atoms with Crippen LogP contribution >= 0.6 is 0 Å². The molecule has 1 amide bonds. The van der Waals surface area contributed by atoms with E-state index in [-0.39, 0.29) is 11.9 Å². The number of para-hydroxylation sites is 1. The third kappa shape index (κ3) is 5.11. The Kier molecular flexibility index (Phi) is 7.60. The molecule has 0 aliphatic heterocycles. The zero-order valence-electron chi connectivity index (χ0n) is 17.4. The van der Waals surface area contributed by atoms with Crippen molar-refractivity contribution in [3.63, 3.8) is 0 Å². The Labute approximate surface area is 168 Å². The summed E-state index contributed by atoms with van der Waals surface area (Å²) in [7, 11) is 3.63. The molecule has 28 heavy (non-hydrogen) atoms. The third-order valence-corrected chi connectivity index (χ3v) is 4.96. The number of methoxy groups -OCH3 is 1. The van der Waals surface area contributed by atoms with Gasteiger partial charge < -0.3 is 9.64 Å². The largest absolute Gasteiger partial charge is 0.496 e. The van der Waals surface area contributed by atoms with Crippen molar-refractivity contribution >= 4 is 11.6 Å². The molecule has 0 aliphatic rings. The highest BCUT2D eigenvalue weighted by Gasteiger charge is 2.25. The molecule has 2 aromatic rings. The fourth-order valence-corrected chi connectivity index (χ4v) is 3.43. The van der Waals surface area contributed by atoms with Gasteiger partial charge in [-0.05, 0) is 56.6 Å². The van der Waals surface area contributed by atoms with E-state index >= 15 is 0 Å². The van der Waals surface area contributed by atoms with Crippen LogP contribution in [0.3, 0.4) is 0 Å². The lowest BCUT2D eigenvalue weighted by atomic mass is 10.0. The van der Waals surface area contributed by atoms with E-state index in [0.29, 0.717) is 19.5 Å². The maximum Gasteiger partial charge on any atom is 0.244 e. The lowest BCUT2D eigenvalue weighted by Gasteiger charge is -2.30. The lowest BCUT2D eigenvalue weighted by molar-refractivity contribution is -0.123. The number of benzene rings is 2. The van der Waals surface area contributed by atoms with Crippen molar-refractivity contribution in [3.05, 3.63) is 59.2 Å². The van der Waals surface area contributed by atoms with E-state index in [1.165, 1.54) is 0 Å². The maximum atomic E-state index is 13.2. The van der Waals surface area contributed by atoms with Crippen molar-refractivity contribution in [2.24, 2.45) is 0 Å². The smallest absolute Gasteiger partial charge is 0.244 e. The Bertz CT molecular complexity index is 820. The molecule has 0 fully saturated rings. The van der Waals surface area contributed by atoms with Gasteiger partial charge in [0.15, 0.2) is 0 Å². The molecule has 5 nitrogen and oxygen atoms in total. The molecule has 1 atom stereocenters. The average Bonchev–Trinajstić information content (AvgIpc) is 2.68. The van der Waals surface area contributed by atoms with Gasteiger partial charge in [0.05, 0.1) is 25.6 Å². The van der Waals surface area contributed by atoms with E-state index in [2.05, 4.69) is 18.2 Å². The van der Waals surface area contributed by atoms with E-state index in [0.717, 1.165) is 28.1 Å². The Morgan fingerprint density at radius 2 is 1.79 bits per heavy atom. The van der Waals surface area contributed by atoms with Crippen LogP contribution in [0.25, 0.3) is 0 Å². The highest BCUT2D eigenvalue weighted by Crippen LogP contribution is 2.25. The molecule has 0 radical (unpaired) electrons. The number of carbonyl (C=O) groups excluding carboxylic acids is 1. The number of hydrogen-bond donors (Lipinski definition) is 0. The molecule has 0 aliphatic carbocycles. The van der Waals surface area contributed by atoms with Gasteiger partial charge in [0.2, 0.25) is 5.91 Å². The first kappa shape index (κ1) is 21.5. The summed E-state index contributed by atoms with van der Waals surface area (Å²) in [4.78, 5) is 16.9. The van der Waals surface area contributed by atoms with Gasteiger partial charge in [-0.3, -0.25) is 9.69 Å². The molecule has 0 N–H and O–H groups in total. The number of likely N-dealkylation sites (N-methyl/N-ethyl adjacent to an activating group) is 1. The van der Waals surface area contributed by atoms with Gasteiger partial charge in [-0.1, -0.05) is 30.3 Å². The number of nitrogens with zero attached hydrogens (tertiary/aromatic N) is 3. The fourth-order valence-electron chi connectivity index (χ4n) is 3.43. The van der Waals surface area contributed by atoms with Crippen LogP contribution in [0.15, 0.2) is 42.5 Å². The number of aryl methyl sites for hydroxylation is 2. The maximum absolute atomic E-state index is 13.2. The zero-order valence-corrected chi connectivity index (χ0v) is 17.4. The molecule has 0 saturated carbocycles. The Morgan fingerprint density at radius 3 is 2.32 bits per heavy atom. The van der Waals surface area contributed by atoms with E-state index in [1.54, 1.807) is 12.0 Å². The van der Waals surface area contributed by atoms with Crippen LogP contribution < -0.4 is 9.64 Å². The van der Waals surface area contributed by atoms with Crippen LogP contribution in [0.2, 0.25) is 0 Å². The van der Waals surface area contributed by atoms with Gasteiger partial charge in [-0.25, -0.2) is 0 Å². The molecule has 0 bridgehead atoms. The third-order valence-electron chi connectivity index (χ3n) is 4.96. The van der Waals surface area contributed by atoms with Crippen LogP contribution in [0, 0.1) is 25.2 Å². The Balaban J connectivity index is 2.17. The summed E-state index contributed by atoms with van der Waals surface area (Å²) < 4.78 is 5.44. The molecule has 0 heterocycles. The number of carbonyl (C=O) groups is 1. The number of rotatable bonds is 8. The van der Waals surface area contributed by atoms with Crippen LogP contribution in [0.5, 0.6) is 5.75 Å². The predicted molar refractivity (Wildman–Crippen MR) is 112 cm³/mol. The molecular weight excluding hydrogens is 350 g/mol. The second-order valence-electron chi connectivity index (χ2n) is 7.09. The van der Waals surface area contributed by atoms with Gasteiger partial charge in [-0.2, -0.15) is 5.26 Å². The summed E-state index contributed by atoms with van der Waals surface area (Å²) in [5.74, 6) is 0.896. The number of ether oxygens (including phenoxy) is 1. The lowest BCUT2D eigenvalue weighted by Crippen LogP contribution is -2.46. The molecule has 0 spiro atoms. The quantitative estimate of drug-likeness (QED) is 0.693. The van der Waals surface area contributed by atoms with E-state index < -0.39 is 0 Å². The SMILES string of the molecule is COc1c(C)cc(CN(C)C(C)C(=O)N(CCC#N)c2ccccc2)cc1C. The molecule has 0 saturated heterocycles. The highest BCUT2D eigenvalue weighted by atomic mass is 16.5. The van der Waals surface area contributed by atoms with Gasteiger partial charge in [0.1, 0.15) is 5.75 Å². The van der Waals surface area contributed by atoms with Crippen LogP contribution in [0.1, 0.15) is 30.0 Å². The predicted octanol–water partition coefficient (Wildman–Crippen LogP) is 4.08. The fraction of sp³-hybridized carbons (Fsp3) is 0.391. The minimum absolute atomic E-state index is 0.00842. The summed E-state index contributed by atoms with van der Waals surface area (Å²) in [6.07, 6.45) is 0.300. The first-order valence-electron chi connectivity index (χ1n) is 9.46. The summed E-state index contributed by atoms with van der Waals surface area (Å²) >= 11 is 0. The first-order chi connectivity index (χ1) is 13.4. The summed E-state index contributed by atoms with van der Waals surface area (Å²) in [6, 6.07) is 15.5. The Morgan fingerprint density at radius 1 is 1.18 bits per heavy atom. The van der Waals surface area contributed by atoms with Crippen LogP contribution in [-0.4, -0.2) is 37.6 Å². The second kappa shape index (κ2) is 9.91. The minimum atomic E-state index is -0.318. The van der Waals surface area contributed by atoms with Crippen LogP contribution in [-0.2, 0) is 11.3 Å². The average molecular weight is 380 g/mol. The van der Waals surface area contributed by atoms with Crippen molar-refractivity contribution in [1.29, 1.82) is 5.26 Å². The normalized spacial score (nSPS) is 11.8. The number of amides is 1. The van der Waals surface area contributed by atoms with Gasteiger partial charge in [0, 0.05) is 18.8 Å². The van der Waals surface area contributed by atoms with Crippen molar-refractivity contribution < 1.29 is 9.53 Å². The number of anilines is 1. The van der Waals surface area contributed by atoms with Crippen molar-refractivity contribution in [1.82, 2.24) is 4.90 Å². The van der Waals surface area contributed by atoms with E-state index in [9.17, 15) is 4.79 Å². The molecule has 148 valence electrons. The van der Waals surface area contributed by atoms with E-state index in [4.69, 9.17) is 10.00 Å². The highest BCUT2D eigenvalue weighted by molar-refractivity contribution is 5.96. The summed E-state index contributed by atoms with van der Waals surface area (Å²) in [6.45, 7) is 7.01. The minimum Gasteiger partial charge on any atom is -0.496 e. The van der Waals surface area contributed by atoms with Gasteiger partial charge in [0.25, 0.3) is 0 Å². The second-order valence-corrected chi connectivity index (χ2v) is 7.09. The summed E-state index contributed by atoms with van der Waals surface area (Å²) in [5, 5.41) is 8.97. The molecule has 2 rings (SSSR count). The van der Waals surface area contributed by atoms with Gasteiger partial charge in [-0.15, -0.1) is 0 Å². The zero-order chi connectivity index (χ0) is 20.7. The topological polar surface area (TPSA) is 56.6 Å². The van der Waals surface area contributed by atoms with Crippen molar-refractivity contribution in [3.8, 4) is 11.8 Å². The molecule has 0 aromatic heterocycles. The number of hydrogen-bond acceptors (Lipinski definition) is 4. The molecule has 2 aromatic carbocycles. The van der Waals surface area contributed by atoms with Crippen LogP contribution in [0.4, 0.5) is 5.69 Å². The number of nitriles is 1. The molecular formula is C23H29N3O2. The van der Waals surface area contributed by atoms with Crippen molar-refractivity contribution in [2.75, 3.05) is 25.6 Å². The van der Waals surface area contributed by atoms with Crippen molar-refractivity contribution in [2.45, 2.75) is 39.8 Å². The first-order valence-corrected chi connectivity index (χ1v) is 9.46. The monoisotopic (exact) mass is 379 g/mol.